The van der Waals surface area contributed by atoms with Crippen molar-refractivity contribution in [2.24, 2.45) is 0 Å². The molecular formula is C16H15N5O3. The molecule has 2 aromatic heterocycles. The van der Waals surface area contributed by atoms with Gasteiger partial charge in [0.05, 0.1) is 5.69 Å². The van der Waals surface area contributed by atoms with Crippen LogP contribution in [-0.2, 0) is 6.61 Å². The summed E-state index contributed by atoms with van der Waals surface area (Å²) in [5.41, 5.74) is 1.08. The fourth-order valence-corrected chi connectivity index (χ4v) is 1.93. The maximum Gasteiger partial charge on any atom is 0.273 e. The highest BCUT2D eigenvalue weighted by atomic mass is 16.5. The lowest BCUT2D eigenvalue weighted by Gasteiger charge is -2.05. The van der Waals surface area contributed by atoms with Gasteiger partial charge in [-0.25, -0.2) is 9.67 Å². The van der Waals surface area contributed by atoms with Gasteiger partial charge in [-0.1, -0.05) is 11.2 Å². The monoisotopic (exact) mass is 325 g/mol. The molecular weight excluding hydrogens is 310 g/mol. The quantitative estimate of drug-likeness (QED) is 0.665. The average molecular weight is 325 g/mol. The SMILES string of the molecule is C=CCNC(=O)c1cc(COc2ccc(-n3cncn3)cc2)on1. The van der Waals surface area contributed by atoms with Crippen molar-refractivity contribution >= 4 is 5.91 Å². The summed E-state index contributed by atoms with van der Waals surface area (Å²) in [6, 6.07) is 8.88. The molecule has 0 aliphatic rings. The van der Waals surface area contributed by atoms with Crippen molar-refractivity contribution in [3.05, 3.63) is 67.1 Å². The minimum atomic E-state index is -0.318. The second-order valence-corrected chi connectivity index (χ2v) is 4.80. The molecule has 2 heterocycles. The number of benzene rings is 1. The minimum Gasteiger partial charge on any atom is -0.486 e. The molecule has 0 bridgehead atoms. The number of ether oxygens (including phenoxy) is 1. The molecule has 1 N–H and O–H groups in total. The number of rotatable bonds is 7. The number of hydrogen-bond acceptors (Lipinski definition) is 6. The number of nitrogens with zero attached hydrogens (tertiary/aromatic N) is 4. The Morgan fingerprint density at radius 2 is 2.21 bits per heavy atom. The number of amides is 1. The molecule has 8 heteroatoms. The van der Waals surface area contributed by atoms with Gasteiger partial charge in [-0.15, -0.1) is 6.58 Å². The smallest absolute Gasteiger partial charge is 0.273 e. The molecule has 0 saturated carbocycles. The molecule has 0 radical (unpaired) electrons. The van der Waals surface area contributed by atoms with Gasteiger partial charge in [0.2, 0.25) is 0 Å². The van der Waals surface area contributed by atoms with E-state index in [-0.39, 0.29) is 18.2 Å². The van der Waals surface area contributed by atoms with Crippen molar-refractivity contribution in [3.63, 3.8) is 0 Å². The van der Waals surface area contributed by atoms with E-state index in [0.29, 0.717) is 18.1 Å². The van der Waals surface area contributed by atoms with Crippen LogP contribution >= 0.6 is 0 Å². The van der Waals surface area contributed by atoms with Gasteiger partial charge in [0.15, 0.2) is 11.5 Å². The van der Waals surface area contributed by atoms with Crippen LogP contribution in [0.4, 0.5) is 0 Å². The van der Waals surface area contributed by atoms with Gasteiger partial charge in [-0.05, 0) is 24.3 Å². The van der Waals surface area contributed by atoms with Crippen molar-refractivity contribution in [2.75, 3.05) is 6.54 Å². The molecule has 24 heavy (non-hydrogen) atoms. The van der Waals surface area contributed by atoms with E-state index in [9.17, 15) is 4.79 Å². The Balaban J connectivity index is 1.57. The van der Waals surface area contributed by atoms with Gasteiger partial charge in [-0.2, -0.15) is 5.10 Å². The number of carbonyl (C=O) groups is 1. The first-order valence-corrected chi connectivity index (χ1v) is 7.19. The molecule has 0 spiro atoms. The van der Waals surface area contributed by atoms with Crippen molar-refractivity contribution in [2.45, 2.75) is 6.61 Å². The summed E-state index contributed by atoms with van der Waals surface area (Å²) < 4.78 is 12.3. The normalized spacial score (nSPS) is 10.3. The number of hydrogen-bond donors (Lipinski definition) is 1. The molecule has 122 valence electrons. The molecule has 0 unspecified atom stereocenters. The summed E-state index contributed by atoms with van der Waals surface area (Å²) in [5, 5.41) is 10.4. The second kappa shape index (κ2) is 7.23. The summed E-state index contributed by atoms with van der Waals surface area (Å²) >= 11 is 0. The van der Waals surface area contributed by atoms with Crippen LogP contribution in [0.1, 0.15) is 16.2 Å². The van der Waals surface area contributed by atoms with Crippen molar-refractivity contribution < 1.29 is 14.1 Å². The Hall–Kier alpha value is -3.42. The molecule has 8 nitrogen and oxygen atoms in total. The predicted molar refractivity (Wildman–Crippen MR) is 84.7 cm³/mol. The first-order chi connectivity index (χ1) is 11.8. The van der Waals surface area contributed by atoms with Crippen LogP contribution in [0, 0.1) is 0 Å². The van der Waals surface area contributed by atoms with Gasteiger partial charge < -0.3 is 14.6 Å². The van der Waals surface area contributed by atoms with Gasteiger partial charge in [0, 0.05) is 12.6 Å². The Kier molecular flexibility index (Phi) is 4.66. The third-order valence-electron chi connectivity index (χ3n) is 3.10. The van der Waals surface area contributed by atoms with E-state index < -0.39 is 0 Å². The molecule has 1 amide bonds. The zero-order valence-electron chi connectivity index (χ0n) is 12.8. The summed E-state index contributed by atoms with van der Waals surface area (Å²) in [4.78, 5) is 15.6. The lowest BCUT2D eigenvalue weighted by atomic mass is 10.3. The Morgan fingerprint density at radius 3 is 2.92 bits per heavy atom. The van der Waals surface area contributed by atoms with Crippen LogP contribution in [0.5, 0.6) is 5.75 Å². The third kappa shape index (κ3) is 3.67. The summed E-state index contributed by atoms with van der Waals surface area (Å²) in [7, 11) is 0. The molecule has 1 aromatic carbocycles. The maximum atomic E-state index is 11.7. The Morgan fingerprint density at radius 1 is 1.38 bits per heavy atom. The number of aromatic nitrogens is 4. The van der Waals surface area contributed by atoms with Crippen molar-refractivity contribution in [1.82, 2.24) is 25.2 Å². The van der Waals surface area contributed by atoms with Crippen LogP contribution < -0.4 is 10.1 Å². The highest BCUT2D eigenvalue weighted by Crippen LogP contribution is 2.16. The van der Waals surface area contributed by atoms with Gasteiger partial charge >= 0.3 is 0 Å². The Labute approximate surface area is 137 Å². The standard InChI is InChI=1S/C16H15N5O3/c1-2-7-18-16(22)15-8-14(24-20-15)9-23-13-5-3-12(4-6-13)21-11-17-10-19-21/h2-6,8,10-11H,1,7,9H2,(H,18,22). The summed E-state index contributed by atoms with van der Waals surface area (Å²) in [5.74, 6) is 0.800. The van der Waals surface area contributed by atoms with Crippen LogP contribution in [0.2, 0.25) is 0 Å². The fourth-order valence-electron chi connectivity index (χ4n) is 1.93. The zero-order chi connectivity index (χ0) is 16.8. The van der Waals surface area contributed by atoms with Crippen molar-refractivity contribution in [1.29, 1.82) is 0 Å². The van der Waals surface area contributed by atoms with Crippen LogP contribution in [-0.4, -0.2) is 32.4 Å². The largest absolute Gasteiger partial charge is 0.486 e. The molecule has 3 aromatic rings. The second-order valence-electron chi connectivity index (χ2n) is 4.80. The molecule has 3 rings (SSSR count). The van der Waals surface area contributed by atoms with E-state index >= 15 is 0 Å². The highest BCUT2D eigenvalue weighted by molar-refractivity contribution is 5.92. The first-order valence-electron chi connectivity index (χ1n) is 7.19. The van der Waals surface area contributed by atoms with E-state index in [4.69, 9.17) is 9.26 Å². The third-order valence-corrected chi connectivity index (χ3v) is 3.10. The van der Waals surface area contributed by atoms with E-state index in [1.807, 2.05) is 24.3 Å². The summed E-state index contributed by atoms with van der Waals surface area (Å²) in [6.07, 6.45) is 4.67. The van der Waals surface area contributed by atoms with Crippen LogP contribution in [0.15, 0.2) is 60.2 Å². The maximum absolute atomic E-state index is 11.7. The van der Waals surface area contributed by atoms with Crippen LogP contribution in [0.25, 0.3) is 5.69 Å². The predicted octanol–water partition coefficient (Wildman–Crippen LogP) is 1.75. The first kappa shape index (κ1) is 15.5. The minimum absolute atomic E-state index is 0.171. The molecule has 0 fully saturated rings. The topological polar surface area (TPSA) is 95.1 Å². The zero-order valence-corrected chi connectivity index (χ0v) is 12.8. The van der Waals surface area contributed by atoms with Crippen molar-refractivity contribution in [3.8, 4) is 11.4 Å². The summed E-state index contributed by atoms with van der Waals surface area (Å²) in [6.45, 7) is 4.07. The van der Waals surface area contributed by atoms with E-state index in [0.717, 1.165) is 5.69 Å². The molecule has 0 saturated heterocycles. The van der Waals surface area contributed by atoms with Gasteiger partial charge in [-0.3, -0.25) is 4.79 Å². The lowest BCUT2D eigenvalue weighted by Crippen LogP contribution is -2.23. The van der Waals surface area contributed by atoms with Gasteiger partial charge in [0.1, 0.15) is 25.0 Å². The highest BCUT2D eigenvalue weighted by Gasteiger charge is 2.12. The van der Waals surface area contributed by atoms with Gasteiger partial charge in [0.25, 0.3) is 5.91 Å². The van der Waals surface area contributed by atoms with Crippen LogP contribution in [0.3, 0.4) is 0 Å². The molecule has 0 atom stereocenters. The molecule has 0 aliphatic heterocycles. The van der Waals surface area contributed by atoms with E-state index in [1.54, 1.807) is 23.2 Å². The Bertz CT molecular complexity index is 809. The fraction of sp³-hybridized carbons (Fsp3) is 0.125. The number of nitrogens with one attached hydrogen (secondary N) is 1. The lowest BCUT2D eigenvalue weighted by molar-refractivity contribution is 0.0948. The number of carbonyl (C=O) groups excluding carboxylic acids is 1. The van der Waals surface area contributed by atoms with E-state index in [2.05, 4.69) is 27.1 Å². The average Bonchev–Trinajstić information content (AvgIpc) is 3.30. The van der Waals surface area contributed by atoms with E-state index in [1.165, 1.54) is 6.33 Å². The molecule has 0 aliphatic carbocycles.